The molecule has 0 saturated heterocycles. The molecule has 1 aliphatic rings. The van der Waals surface area contributed by atoms with Gasteiger partial charge < -0.3 is 14.6 Å². The lowest BCUT2D eigenvalue weighted by molar-refractivity contribution is 0.0646. The van der Waals surface area contributed by atoms with Crippen LogP contribution in [0, 0.1) is 0 Å². The molecule has 18 heavy (non-hydrogen) atoms. The standard InChI is InChI=1S/C14H20O3S/c1-3-18-7-6-11-8-13(15)12-5-4-10(16-2)9-14(12)17-11/h4-5,9,11,13,15H,3,6-8H2,1-2H3/t11?,13-/m0/s1. The zero-order valence-corrected chi connectivity index (χ0v) is 11.7. The van der Waals surface area contributed by atoms with Crippen molar-refractivity contribution in [3.63, 3.8) is 0 Å². The molecule has 1 N–H and O–H groups in total. The summed E-state index contributed by atoms with van der Waals surface area (Å²) in [6, 6.07) is 5.60. The second-order valence-corrected chi connectivity index (χ2v) is 5.77. The maximum atomic E-state index is 10.1. The van der Waals surface area contributed by atoms with Gasteiger partial charge in [0.1, 0.15) is 17.6 Å². The number of hydrogen-bond donors (Lipinski definition) is 1. The molecular formula is C14H20O3S. The SMILES string of the molecule is CCSCCC1C[C@H](O)c2ccc(OC)cc2O1. The van der Waals surface area contributed by atoms with Crippen LogP contribution in [-0.4, -0.2) is 29.8 Å². The summed E-state index contributed by atoms with van der Waals surface area (Å²) in [7, 11) is 1.64. The number of aliphatic hydroxyl groups is 1. The smallest absolute Gasteiger partial charge is 0.129 e. The van der Waals surface area contributed by atoms with E-state index in [4.69, 9.17) is 9.47 Å². The van der Waals surface area contributed by atoms with E-state index >= 15 is 0 Å². The Kier molecular flexibility index (Phi) is 4.78. The number of thioether (sulfide) groups is 1. The van der Waals surface area contributed by atoms with Crippen molar-refractivity contribution < 1.29 is 14.6 Å². The molecule has 1 heterocycles. The molecule has 0 fully saturated rings. The summed E-state index contributed by atoms with van der Waals surface area (Å²) >= 11 is 1.91. The zero-order valence-electron chi connectivity index (χ0n) is 10.9. The van der Waals surface area contributed by atoms with Gasteiger partial charge in [-0.25, -0.2) is 0 Å². The van der Waals surface area contributed by atoms with Crippen LogP contribution in [0.25, 0.3) is 0 Å². The molecule has 2 rings (SSSR count). The number of hydrogen-bond acceptors (Lipinski definition) is 4. The highest BCUT2D eigenvalue weighted by atomic mass is 32.2. The van der Waals surface area contributed by atoms with Crippen molar-refractivity contribution in [2.45, 2.75) is 32.0 Å². The summed E-state index contributed by atoms with van der Waals surface area (Å²) in [6.07, 6.45) is 1.35. The Balaban J connectivity index is 2.06. The molecule has 0 spiro atoms. The van der Waals surface area contributed by atoms with Gasteiger partial charge in [0.25, 0.3) is 0 Å². The van der Waals surface area contributed by atoms with Gasteiger partial charge in [0.2, 0.25) is 0 Å². The third-order valence-electron chi connectivity index (χ3n) is 3.15. The minimum atomic E-state index is -0.420. The molecule has 100 valence electrons. The number of ether oxygens (including phenoxy) is 2. The third kappa shape index (κ3) is 3.12. The van der Waals surface area contributed by atoms with Crippen LogP contribution < -0.4 is 9.47 Å². The fraction of sp³-hybridized carbons (Fsp3) is 0.571. The van der Waals surface area contributed by atoms with Crippen molar-refractivity contribution in [2.75, 3.05) is 18.6 Å². The molecule has 0 radical (unpaired) electrons. The summed E-state index contributed by atoms with van der Waals surface area (Å²) < 4.78 is 11.1. The summed E-state index contributed by atoms with van der Waals surface area (Å²) in [5.41, 5.74) is 0.871. The van der Waals surface area contributed by atoms with Crippen LogP contribution in [0.1, 0.15) is 31.4 Å². The van der Waals surface area contributed by atoms with Gasteiger partial charge in [0.15, 0.2) is 0 Å². The van der Waals surface area contributed by atoms with E-state index in [1.54, 1.807) is 7.11 Å². The first kappa shape index (κ1) is 13.6. The Bertz CT molecular complexity index is 395. The molecule has 4 heteroatoms. The summed E-state index contributed by atoms with van der Waals surface area (Å²) in [5, 5.41) is 10.1. The highest BCUT2D eigenvalue weighted by Crippen LogP contribution is 2.38. The second-order valence-electron chi connectivity index (χ2n) is 4.38. The monoisotopic (exact) mass is 268 g/mol. The Morgan fingerprint density at radius 3 is 3.06 bits per heavy atom. The maximum absolute atomic E-state index is 10.1. The molecule has 3 nitrogen and oxygen atoms in total. The van der Waals surface area contributed by atoms with Crippen LogP contribution >= 0.6 is 11.8 Å². The number of benzene rings is 1. The van der Waals surface area contributed by atoms with Crippen molar-refractivity contribution in [3.8, 4) is 11.5 Å². The van der Waals surface area contributed by atoms with Crippen molar-refractivity contribution >= 4 is 11.8 Å². The summed E-state index contributed by atoms with van der Waals surface area (Å²) in [6.45, 7) is 2.15. The predicted molar refractivity (Wildman–Crippen MR) is 74.6 cm³/mol. The predicted octanol–water partition coefficient (Wildman–Crippen LogP) is 3.02. The topological polar surface area (TPSA) is 38.7 Å². The number of methoxy groups -OCH3 is 1. The quantitative estimate of drug-likeness (QED) is 0.833. The van der Waals surface area contributed by atoms with Crippen molar-refractivity contribution in [1.29, 1.82) is 0 Å². The molecule has 1 unspecified atom stereocenters. The lowest BCUT2D eigenvalue weighted by Crippen LogP contribution is -2.26. The van der Waals surface area contributed by atoms with E-state index in [2.05, 4.69) is 6.92 Å². The van der Waals surface area contributed by atoms with Crippen LogP contribution in [0.5, 0.6) is 11.5 Å². The molecule has 0 bridgehead atoms. The third-order valence-corrected chi connectivity index (χ3v) is 4.08. The van der Waals surface area contributed by atoms with E-state index in [0.717, 1.165) is 35.0 Å². The zero-order chi connectivity index (χ0) is 13.0. The second kappa shape index (κ2) is 6.34. The first-order chi connectivity index (χ1) is 8.74. The van der Waals surface area contributed by atoms with E-state index in [9.17, 15) is 5.11 Å². The lowest BCUT2D eigenvalue weighted by atomic mass is 9.98. The van der Waals surface area contributed by atoms with E-state index in [1.165, 1.54) is 0 Å². The number of fused-ring (bicyclic) bond motifs is 1. The van der Waals surface area contributed by atoms with Crippen molar-refractivity contribution in [3.05, 3.63) is 23.8 Å². The van der Waals surface area contributed by atoms with E-state index in [0.29, 0.717) is 6.42 Å². The first-order valence-corrected chi connectivity index (χ1v) is 7.50. The lowest BCUT2D eigenvalue weighted by Gasteiger charge is -2.29. The van der Waals surface area contributed by atoms with Gasteiger partial charge in [-0.15, -0.1) is 0 Å². The van der Waals surface area contributed by atoms with E-state index < -0.39 is 6.10 Å². The van der Waals surface area contributed by atoms with Gasteiger partial charge in [-0.1, -0.05) is 6.92 Å². The molecule has 1 aromatic rings. The van der Waals surface area contributed by atoms with Gasteiger partial charge in [0, 0.05) is 18.1 Å². The Labute approximate surface area is 112 Å². The summed E-state index contributed by atoms with van der Waals surface area (Å²) in [4.78, 5) is 0. The van der Waals surface area contributed by atoms with Gasteiger partial charge in [-0.3, -0.25) is 0 Å². The van der Waals surface area contributed by atoms with E-state index in [-0.39, 0.29) is 6.10 Å². The minimum absolute atomic E-state index is 0.110. The highest BCUT2D eigenvalue weighted by Gasteiger charge is 2.26. The van der Waals surface area contributed by atoms with Gasteiger partial charge in [0.05, 0.1) is 13.2 Å². The Hall–Kier alpha value is -0.870. The van der Waals surface area contributed by atoms with E-state index in [1.807, 2.05) is 30.0 Å². The molecule has 0 amide bonds. The highest BCUT2D eigenvalue weighted by molar-refractivity contribution is 7.99. The molecule has 0 aromatic heterocycles. The minimum Gasteiger partial charge on any atom is -0.497 e. The number of rotatable bonds is 5. The van der Waals surface area contributed by atoms with Crippen molar-refractivity contribution in [2.24, 2.45) is 0 Å². The maximum Gasteiger partial charge on any atom is 0.129 e. The van der Waals surface area contributed by atoms with Crippen LogP contribution in [0.15, 0.2) is 18.2 Å². The molecule has 0 aliphatic carbocycles. The Morgan fingerprint density at radius 2 is 2.33 bits per heavy atom. The molecule has 1 aliphatic heterocycles. The Morgan fingerprint density at radius 1 is 1.50 bits per heavy atom. The first-order valence-electron chi connectivity index (χ1n) is 6.35. The fourth-order valence-electron chi connectivity index (χ4n) is 2.16. The van der Waals surface area contributed by atoms with Gasteiger partial charge in [-0.2, -0.15) is 11.8 Å². The number of aliphatic hydroxyl groups excluding tert-OH is 1. The average Bonchev–Trinajstić information content (AvgIpc) is 2.38. The van der Waals surface area contributed by atoms with Crippen molar-refractivity contribution in [1.82, 2.24) is 0 Å². The average molecular weight is 268 g/mol. The molecular weight excluding hydrogens is 248 g/mol. The molecule has 2 atom stereocenters. The largest absolute Gasteiger partial charge is 0.497 e. The van der Waals surface area contributed by atoms with Crippen LogP contribution in [-0.2, 0) is 0 Å². The van der Waals surface area contributed by atoms with Crippen LogP contribution in [0.2, 0.25) is 0 Å². The fourth-order valence-corrected chi connectivity index (χ4v) is 2.88. The van der Waals surface area contributed by atoms with Gasteiger partial charge in [-0.05, 0) is 30.1 Å². The van der Waals surface area contributed by atoms with Crippen LogP contribution in [0.4, 0.5) is 0 Å². The normalized spacial score (nSPS) is 22.2. The van der Waals surface area contributed by atoms with Crippen LogP contribution in [0.3, 0.4) is 0 Å². The molecule has 0 saturated carbocycles. The summed E-state index contributed by atoms with van der Waals surface area (Å²) in [5.74, 6) is 3.73. The van der Waals surface area contributed by atoms with Gasteiger partial charge >= 0.3 is 0 Å². The molecule has 1 aromatic carbocycles.